The van der Waals surface area contributed by atoms with Gasteiger partial charge in [0.15, 0.2) is 0 Å². The van der Waals surface area contributed by atoms with Crippen molar-refractivity contribution in [2.75, 3.05) is 26.2 Å². The van der Waals surface area contributed by atoms with Gasteiger partial charge in [-0.15, -0.1) is 23.1 Å². The van der Waals surface area contributed by atoms with Crippen LogP contribution in [0.2, 0.25) is 0 Å². The van der Waals surface area contributed by atoms with Crippen molar-refractivity contribution in [2.45, 2.75) is 52.2 Å². The second-order valence-electron chi connectivity index (χ2n) is 8.33. The Hall–Kier alpha value is -2.17. The summed E-state index contributed by atoms with van der Waals surface area (Å²) in [6.45, 7) is 13.7. The van der Waals surface area contributed by atoms with Gasteiger partial charge >= 0.3 is 0 Å². The molecule has 1 saturated heterocycles. The zero-order valence-corrected chi connectivity index (χ0v) is 20.8. The average molecular weight is 476 g/mol. The third-order valence-corrected chi connectivity index (χ3v) is 8.40. The third-order valence-electron chi connectivity index (χ3n) is 6.15. The molecular formula is C22H29N5O3S2. The minimum absolute atomic E-state index is 0.0964. The van der Waals surface area contributed by atoms with Gasteiger partial charge < -0.3 is 14.4 Å². The molecule has 1 atom stereocenters. The Balaban J connectivity index is 1.31. The van der Waals surface area contributed by atoms with Crippen molar-refractivity contribution in [3.05, 3.63) is 43.6 Å². The molecule has 0 spiro atoms. The Morgan fingerprint density at radius 1 is 1.22 bits per heavy atom. The van der Waals surface area contributed by atoms with Crippen LogP contribution in [-0.4, -0.2) is 62.3 Å². The topological polar surface area (TPSA) is 95.3 Å². The quantitative estimate of drug-likeness (QED) is 0.585. The number of hydrogen-bond acceptors (Lipinski definition) is 8. The molecule has 1 N–H and O–H groups in total. The lowest BCUT2D eigenvalue weighted by Crippen LogP contribution is -2.50. The molecule has 1 fully saturated rings. The van der Waals surface area contributed by atoms with Crippen LogP contribution in [0, 0.1) is 27.7 Å². The Labute approximate surface area is 195 Å². The van der Waals surface area contributed by atoms with Crippen molar-refractivity contribution in [1.29, 1.82) is 0 Å². The number of amides is 1. The number of thiophene rings is 1. The molecule has 0 bridgehead atoms. The lowest BCUT2D eigenvalue weighted by atomic mass is 10.1. The summed E-state index contributed by atoms with van der Waals surface area (Å²) >= 11 is 3.06. The summed E-state index contributed by atoms with van der Waals surface area (Å²) in [7, 11) is 0. The minimum Gasteiger partial charge on any atom is -0.361 e. The van der Waals surface area contributed by atoms with Gasteiger partial charge in [0.1, 0.15) is 16.4 Å². The number of aryl methyl sites for hydroxylation is 4. The van der Waals surface area contributed by atoms with Crippen LogP contribution in [-0.2, 0) is 17.1 Å². The number of aromatic amines is 1. The number of rotatable bonds is 6. The molecule has 1 amide bonds. The summed E-state index contributed by atoms with van der Waals surface area (Å²) in [6.07, 6.45) is 0. The van der Waals surface area contributed by atoms with Gasteiger partial charge in [0.25, 0.3) is 5.56 Å². The summed E-state index contributed by atoms with van der Waals surface area (Å²) in [6, 6.07) is 0. The summed E-state index contributed by atoms with van der Waals surface area (Å²) < 4.78 is 5.26. The number of aromatic nitrogens is 3. The zero-order valence-electron chi connectivity index (χ0n) is 19.2. The maximum absolute atomic E-state index is 12.9. The summed E-state index contributed by atoms with van der Waals surface area (Å²) in [4.78, 5) is 39.1. The lowest BCUT2D eigenvalue weighted by molar-refractivity contribution is -0.132. The van der Waals surface area contributed by atoms with E-state index in [2.05, 4.69) is 20.0 Å². The maximum Gasteiger partial charge on any atom is 0.259 e. The summed E-state index contributed by atoms with van der Waals surface area (Å²) in [5, 5.41) is 4.51. The van der Waals surface area contributed by atoms with Gasteiger partial charge in [0, 0.05) is 43.2 Å². The normalized spacial score (nSPS) is 16.1. The molecule has 0 saturated carbocycles. The van der Waals surface area contributed by atoms with Gasteiger partial charge in [-0.3, -0.25) is 14.5 Å². The molecule has 0 radical (unpaired) electrons. The molecule has 32 heavy (non-hydrogen) atoms. The van der Waals surface area contributed by atoms with Crippen LogP contribution in [0.1, 0.15) is 40.2 Å². The number of carbonyl (C=O) groups is 1. The van der Waals surface area contributed by atoms with E-state index in [-0.39, 0.29) is 16.7 Å². The SMILES string of the molecule is Cc1noc(C)c1CN1CCN(C(=O)C(C)SCc2nc3sc(C)c(C)c3c(=O)[nH]2)CC1. The first-order valence-electron chi connectivity index (χ1n) is 10.8. The highest BCUT2D eigenvalue weighted by molar-refractivity contribution is 7.99. The first-order chi connectivity index (χ1) is 15.2. The van der Waals surface area contributed by atoms with Gasteiger partial charge in [-0.25, -0.2) is 4.98 Å². The molecule has 1 aliphatic rings. The van der Waals surface area contributed by atoms with Gasteiger partial charge in [0.05, 0.1) is 22.1 Å². The van der Waals surface area contributed by atoms with Crippen LogP contribution in [0.4, 0.5) is 0 Å². The molecule has 4 heterocycles. The standard InChI is InChI=1S/C22H29N5O3S2/c1-12-15(4)32-21-19(12)20(28)23-18(24-21)11-31-16(5)22(29)27-8-6-26(7-9-27)10-17-13(2)25-30-14(17)3/h16H,6-11H2,1-5H3,(H,23,24,28). The number of nitrogens with zero attached hydrogens (tertiary/aromatic N) is 4. The fraction of sp³-hybridized carbons (Fsp3) is 0.545. The zero-order chi connectivity index (χ0) is 23.0. The maximum atomic E-state index is 12.9. The first kappa shape index (κ1) is 23.0. The fourth-order valence-corrected chi connectivity index (χ4v) is 5.86. The third kappa shape index (κ3) is 4.62. The predicted molar refractivity (Wildman–Crippen MR) is 128 cm³/mol. The molecule has 0 aromatic carbocycles. The molecular weight excluding hydrogens is 446 g/mol. The van der Waals surface area contributed by atoms with E-state index in [0.29, 0.717) is 30.1 Å². The number of fused-ring (bicyclic) bond motifs is 1. The first-order valence-corrected chi connectivity index (χ1v) is 12.6. The minimum atomic E-state index is -0.197. The highest BCUT2D eigenvalue weighted by Crippen LogP contribution is 2.27. The van der Waals surface area contributed by atoms with Gasteiger partial charge in [-0.2, -0.15) is 0 Å². The van der Waals surface area contributed by atoms with Gasteiger partial charge in [-0.1, -0.05) is 5.16 Å². The lowest BCUT2D eigenvalue weighted by Gasteiger charge is -2.35. The summed E-state index contributed by atoms with van der Waals surface area (Å²) in [5.74, 6) is 2.12. The van der Waals surface area contributed by atoms with E-state index in [1.54, 1.807) is 11.3 Å². The predicted octanol–water partition coefficient (Wildman–Crippen LogP) is 3.17. The van der Waals surface area contributed by atoms with Crippen molar-refractivity contribution >= 4 is 39.2 Å². The van der Waals surface area contributed by atoms with Crippen LogP contribution >= 0.6 is 23.1 Å². The fourth-order valence-electron chi connectivity index (χ4n) is 3.98. The molecule has 1 unspecified atom stereocenters. The average Bonchev–Trinajstić information content (AvgIpc) is 3.24. The highest BCUT2D eigenvalue weighted by Gasteiger charge is 2.26. The van der Waals surface area contributed by atoms with E-state index in [1.807, 2.05) is 39.5 Å². The number of nitrogens with one attached hydrogen (secondary N) is 1. The van der Waals surface area contributed by atoms with Crippen LogP contribution in [0.3, 0.4) is 0 Å². The van der Waals surface area contributed by atoms with E-state index in [9.17, 15) is 9.59 Å². The van der Waals surface area contributed by atoms with Crippen molar-refractivity contribution in [1.82, 2.24) is 24.9 Å². The van der Waals surface area contributed by atoms with E-state index >= 15 is 0 Å². The summed E-state index contributed by atoms with van der Waals surface area (Å²) in [5.41, 5.74) is 2.97. The Morgan fingerprint density at radius 2 is 1.94 bits per heavy atom. The van der Waals surface area contributed by atoms with Crippen LogP contribution < -0.4 is 5.56 Å². The number of H-pyrrole nitrogens is 1. The Bertz CT molecular complexity index is 1170. The van der Waals surface area contributed by atoms with Crippen molar-refractivity contribution in [3.63, 3.8) is 0 Å². The van der Waals surface area contributed by atoms with Gasteiger partial charge in [-0.05, 0) is 40.2 Å². The van der Waals surface area contributed by atoms with E-state index in [0.717, 1.165) is 51.9 Å². The molecule has 172 valence electrons. The molecule has 1 aliphatic heterocycles. The molecule has 0 aliphatic carbocycles. The molecule has 4 rings (SSSR count). The van der Waals surface area contributed by atoms with Crippen molar-refractivity contribution in [3.8, 4) is 0 Å². The monoisotopic (exact) mass is 475 g/mol. The second kappa shape index (κ2) is 9.36. The van der Waals surface area contributed by atoms with Crippen LogP contribution in [0.25, 0.3) is 10.2 Å². The number of thioether (sulfide) groups is 1. The Kier molecular flexibility index (Phi) is 6.73. The van der Waals surface area contributed by atoms with Crippen molar-refractivity contribution < 1.29 is 9.32 Å². The smallest absolute Gasteiger partial charge is 0.259 e. The molecule has 8 nitrogen and oxygen atoms in total. The van der Waals surface area contributed by atoms with E-state index < -0.39 is 0 Å². The Morgan fingerprint density at radius 3 is 2.59 bits per heavy atom. The molecule has 10 heteroatoms. The molecule has 3 aromatic rings. The van der Waals surface area contributed by atoms with Gasteiger partial charge in [0.2, 0.25) is 5.91 Å². The number of piperazine rings is 1. The van der Waals surface area contributed by atoms with E-state index in [4.69, 9.17) is 4.52 Å². The van der Waals surface area contributed by atoms with Crippen molar-refractivity contribution in [2.24, 2.45) is 0 Å². The number of carbonyl (C=O) groups excluding carboxylic acids is 1. The second-order valence-corrected chi connectivity index (χ2v) is 10.9. The highest BCUT2D eigenvalue weighted by atomic mass is 32.2. The largest absolute Gasteiger partial charge is 0.361 e. The van der Waals surface area contributed by atoms with E-state index in [1.165, 1.54) is 11.8 Å². The molecule has 3 aromatic heterocycles. The number of hydrogen-bond donors (Lipinski definition) is 1. The van der Waals surface area contributed by atoms with Crippen LogP contribution in [0.5, 0.6) is 0 Å². The van der Waals surface area contributed by atoms with Crippen LogP contribution in [0.15, 0.2) is 9.32 Å².